The minimum atomic E-state index is -0.832. The predicted molar refractivity (Wildman–Crippen MR) is 133 cm³/mol. The average molecular weight is 575 g/mol. The number of hydrogen-bond donors (Lipinski definition) is 1. The van der Waals surface area contributed by atoms with Crippen LogP contribution in [0.3, 0.4) is 0 Å². The van der Waals surface area contributed by atoms with Crippen molar-refractivity contribution in [3.8, 4) is 0 Å². The first-order valence-corrected chi connectivity index (χ1v) is 14.0. The second-order valence-corrected chi connectivity index (χ2v) is 12.3. The number of aliphatic hydroxyl groups excluding tert-OH is 1. The quantitative estimate of drug-likeness (QED) is 0.372. The number of fused-ring (bicyclic) bond motifs is 3. The summed E-state index contributed by atoms with van der Waals surface area (Å²) in [5, 5.41) is 9.88. The molecule has 228 valence electrons. The van der Waals surface area contributed by atoms with E-state index in [0.29, 0.717) is 6.61 Å². The highest BCUT2D eigenvalue weighted by atomic mass is 16.9. The topological polar surface area (TPSA) is 131 Å². The Morgan fingerprint density at radius 1 is 0.600 bits per heavy atom. The first-order chi connectivity index (χ1) is 18.9. The first kappa shape index (κ1) is 29.3. The van der Waals surface area contributed by atoms with Crippen LogP contribution in [0.15, 0.2) is 12.7 Å². The lowest BCUT2D eigenvalue weighted by Crippen LogP contribution is -2.45. The molecule has 13 heteroatoms. The van der Waals surface area contributed by atoms with Gasteiger partial charge in [-0.3, -0.25) is 0 Å². The molecule has 6 rings (SSSR count). The Morgan fingerprint density at radius 3 is 1.38 bits per heavy atom. The van der Waals surface area contributed by atoms with Gasteiger partial charge in [0.2, 0.25) is 0 Å². The van der Waals surface area contributed by atoms with Gasteiger partial charge < -0.3 is 61.9 Å². The molecule has 0 spiro atoms. The maximum Gasteiger partial charge on any atom is 0.190 e. The highest BCUT2D eigenvalue weighted by molar-refractivity contribution is 4.99. The van der Waals surface area contributed by atoms with Gasteiger partial charge in [0.25, 0.3) is 0 Å². The van der Waals surface area contributed by atoms with Crippen LogP contribution in [-0.2, 0) is 56.8 Å². The Labute approximate surface area is 234 Å². The highest BCUT2D eigenvalue weighted by Gasteiger charge is 2.60. The summed E-state index contributed by atoms with van der Waals surface area (Å²) in [4.78, 5) is 0. The predicted octanol–water partition coefficient (Wildman–Crippen LogP) is 0.950. The molecule has 6 heterocycles. The van der Waals surface area contributed by atoms with Crippen LogP contribution in [0.25, 0.3) is 0 Å². The second kappa shape index (κ2) is 10.7. The van der Waals surface area contributed by atoms with Gasteiger partial charge in [-0.05, 0) is 41.5 Å². The standard InChI is InChI=1S/C27H42O13/c1-8-9-29-17-14(33-23-20(17)36-26(4,5)39-23)11-31-18-15(34-24-21(18)37-27(6,7)40-24)12-30-16-13(10-28)32-22-19(16)35-25(2,3)38-22/h8,13-24,28H,1,9-12H2,2-7H3/t13-,14-,15-,16+,17+,18+,19-,20-,21-,22-,23-,24-/m1/s1. The summed E-state index contributed by atoms with van der Waals surface area (Å²) >= 11 is 0. The molecule has 12 atom stereocenters. The molecule has 0 amide bonds. The molecule has 1 N–H and O–H groups in total. The molecule has 6 aliphatic heterocycles. The van der Waals surface area contributed by atoms with Crippen molar-refractivity contribution in [1.29, 1.82) is 0 Å². The Kier molecular flexibility index (Phi) is 7.87. The Bertz CT molecular complexity index is 926. The minimum absolute atomic E-state index is 0.121. The zero-order valence-corrected chi connectivity index (χ0v) is 23.9. The number of aliphatic hydroxyl groups is 1. The van der Waals surface area contributed by atoms with Gasteiger partial charge in [0.1, 0.15) is 54.9 Å². The molecule has 0 bridgehead atoms. The van der Waals surface area contributed by atoms with E-state index in [1.807, 2.05) is 41.5 Å². The van der Waals surface area contributed by atoms with Crippen molar-refractivity contribution in [2.75, 3.05) is 26.4 Å². The molecule has 0 saturated carbocycles. The van der Waals surface area contributed by atoms with Crippen molar-refractivity contribution in [2.45, 2.75) is 133 Å². The zero-order valence-electron chi connectivity index (χ0n) is 23.9. The maximum atomic E-state index is 9.88. The number of rotatable bonds is 10. The van der Waals surface area contributed by atoms with Crippen LogP contribution in [0.1, 0.15) is 41.5 Å². The van der Waals surface area contributed by atoms with Gasteiger partial charge in [-0.2, -0.15) is 0 Å². The molecule has 0 aromatic heterocycles. The fourth-order valence-corrected chi connectivity index (χ4v) is 6.25. The van der Waals surface area contributed by atoms with Crippen LogP contribution in [0, 0.1) is 0 Å². The molecular formula is C27H42O13. The molecule has 6 saturated heterocycles. The fraction of sp³-hybridized carbons (Fsp3) is 0.926. The van der Waals surface area contributed by atoms with Crippen molar-refractivity contribution in [3.63, 3.8) is 0 Å². The van der Waals surface area contributed by atoms with Crippen molar-refractivity contribution >= 4 is 0 Å². The molecule has 0 unspecified atom stereocenters. The molecule has 0 aliphatic carbocycles. The molecule has 0 aromatic rings. The monoisotopic (exact) mass is 574 g/mol. The van der Waals surface area contributed by atoms with E-state index in [2.05, 4.69) is 6.58 Å². The lowest BCUT2D eigenvalue weighted by atomic mass is 10.1. The normalized spacial score (nSPS) is 47.9. The van der Waals surface area contributed by atoms with E-state index in [4.69, 9.17) is 56.8 Å². The van der Waals surface area contributed by atoms with Gasteiger partial charge in [-0.1, -0.05) is 6.08 Å². The minimum Gasteiger partial charge on any atom is -0.394 e. The van der Waals surface area contributed by atoms with E-state index < -0.39 is 91.2 Å². The second-order valence-electron chi connectivity index (χ2n) is 12.3. The van der Waals surface area contributed by atoms with Gasteiger partial charge in [0.15, 0.2) is 36.2 Å². The van der Waals surface area contributed by atoms with Crippen molar-refractivity contribution in [2.24, 2.45) is 0 Å². The van der Waals surface area contributed by atoms with E-state index in [-0.39, 0.29) is 19.8 Å². The van der Waals surface area contributed by atoms with Crippen LogP contribution in [0.4, 0.5) is 0 Å². The number of hydrogen-bond acceptors (Lipinski definition) is 13. The third-order valence-electron chi connectivity index (χ3n) is 7.75. The highest BCUT2D eigenvalue weighted by Crippen LogP contribution is 2.43. The summed E-state index contributed by atoms with van der Waals surface area (Å²) in [5.41, 5.74) is 0. The molecular weight excluding hydrogens is 532 g/mol. The molecule has 0 radical (unpaired) electrons. The molecule has 13 nitrogen and oxygen atoms in total. The van der Waals surface area contributed by atoms with Gasteiger partial charge in [0, 0.05) is 0 Å². The summed E-state index contributed by atoms with van der Waals surface area (Å²) in [6, 6.07) is 0. The molecule has 6 aliphatic rings. The van der Waals surface area contributed by atoms with Crippen LogP contribution < -0.4 is 0 Å². The summed E-state index contributed by atoms with van der Waals surface area (Å²) < 4.78 is 72.9. The lowest BCUT2D eigenvalue weighted by molar-refractivity contribution is -0.242. The van der Waals surface area contributed by atoms with Crippen LogP contribution in [-0.4, -0.2) is 123 Å². The van der Waals surface area contributed by atoms with Crippen LogP contribution >= 0.6 is 0 Å². The van der Waals surface area contributed by atoms with Gasteiger partial charge >= 0.3 is 0 Å². The SMILES string of the molecule is C=CCO[C@@H]1[C@H]2OC(C)(C)O[C@H]2O[C@@H]1CO[C@@H]1[C@H]2OC(C)(C)O[C@H]2O[C@@H]1CO[C@@H]1[C@H]2OC(C)(C)O[C@H]2O[C@@H]1CO. The largest absolute Gasteiger partial charge is 0.394 e. The van der Waals surface area contributed by atoms with Crippen molar-refractivity contribution < 1.29 is 61.9 Å². The molecule has 6 fully saturated rings. The van der Waals surface area contributed by atoms with Gasteiger partial charge in [0.05, 0.1) is 26.4 Å². The van der Waals surface area contributed by atoms with Gasteiger partial charge in [-0.25, -0.2) is 0 Å². The van der Waals surface area contributed by atoms with Crippen LogP contribution in [0.5, 0.6) is 0 Å². The van der Waals surface area contributed by atoms with E-state index >= 15 is 0 Å². The fourth-order valence-electron chi connectivity index (χ4n) is 6.25. The zero-order chi connectivity index (χ0) is 28.4. The Hall–Kier alpha value is -0.780. The summed E-state index contributed by atoms with van der Waals surface area (Å²) in [6.07, 6.45) is -4.66. The van der Waals surface area contributed by atoms with Crippen molar-refractivity contribution in [1.82, 2.24) is 0 Å². The maximum absolute atomic E-state index is 9.88. The summed E-state index contributed by atoms with van der Waals surface area (Å²) in [6.45, 7) is 15.1. The van der Waals surface area contributed by atoms with E-state index in [0.717, 1.165) is 0 Å². The lowest BCUT2D eigenvalue weighted by Gasteiger charge is -2.30. The molecule has 40 heavy (non-hydrogen) atoms. The average Bonchev–Trinajstić information content (AvgIpc) is 3.63. The van der Waals surface area contributed by atoms with Crippen LogP contribution in [0.2, 0.25) is 0 Å². The summed E-state index contributed by atoms with van der Waals surface area (Å²) in [5.74, 6) is -2.42. The smallest absolute Gasteiger partial charge is 0.190 e. The van der Waals surface area contributed by atoms with E-state index in [9.17, 15) is 5.11 Å². The molecule has 0 aromatic carbocycles. The Morgan fingerprint density at radius 2 is 0.975 bits per heavy atom. The van der Waals surface area contributed by atoms with E-state index in [1.54, 1.807) is 6.08 Å². The number of ether oxygens (including phenoxy) is 12. The van der Waals surface area contributed by atoms with E-state index in [1.165, 1.54) is 0 Å². The third-order valence-corrected chi connectivity index (χ3v) is 7.75. The van der Waals surface area contributed by atoms with Gasteiger partial charge in [-0.15, -0.1) is 6.58 Å². The Balaban J connectivity index is 1.13. The summed E-state index contributed by atoms with van der Waals surface area (Å²) in [7, 11) is 0. The first-order valence-electron chi connectivity index (χ1n) is 14.0. The third kappa shape index (κ3) is 5.62. The van der Waals surface area contributed by atoms with Crippen molar-refractivity contribution in [3.05, 3.63) is 12.7 Å².